The number of ether oxygens (including phenoxy) is 2. The summed E-state index contributed by atoms with van der Waals surface area (Å²) in [7, 11) is 0. The van der Waals surface area contributed by atoms with Crippen molar-refractivity contribution >= 4 is 49.0 Å². The van der Waals surface area contributed by atoms with Gasteiger partial charge < -0.3 is 10.4 Å². The second kappa shape index (κ2) is 24.8. The van der Waals surface area contributed by atoms with Gasteiger partial charge in [-0.25, -0.2) is 4.79 Å². The van der Waals surface area contributed by atoms with Crippen LogP contribution in [0.1, 0.15) is 60.3 Å². The molecule has 0 fully saturated rings. The molecule has 5 amide bonds. The Labute approximate surface area is 267 Å². The van der Waals surface area contributed by atoms with Crippen molar-refractivity contribution in [2.75, 3.05) is 59.2 Å². The van der Waals surface area contributed by atoms with Gasteiger partial charge in [0.05, 0.1) is 0 Å². The first kappa shape index (κ1) is 41.5. The van der Waals surface area contributed by atoms with Crippen LogP contribution in [0.4, 0.5) is 0 Å². The number of carboxylic acid groups (broad SMARTS) is 1. The zero-order chi connectivity index (χ0) is 34.1. The van der Waals surface area contributed by atoms with Gasteiger partial charge in [0.1, 0.15) is 6.04 Å². The Kier molecular flexibility index (Phi) is 22.8. The molecular formula is C29H53BN6O9. The number of nitrogens with zero attached hydrogens (tertiary/aromatic N) is 1. The minimum Gasteiger partial charge on any atom is -0.480 e. The first-order chi connectivity index (χ1) is 21.3. The molecule has 0 aromatic rings. The van der Waals surface area contributed by atoms with Crippen molar-refractivity contribution in [3.63, 3.8) is 0 Å². The number of aliphatic carboxylic acids is 1. The Hall–Kier alpha value is -3.53. The van der Waals surface area contributed by atoms with Crippen molar-refractivity contribution in [1.29, 1.82) is 0 Å². The molecule has 0 heterocycles. The van der Waals surface area contributed by atoms with Crippen LogP contribution in [0.2, 0.25) is 6.32 Å². The van der Waals surface area contributed by atoms with Crippen LogP contribution in [0.5, 0.6) is 0 Å². The fraction of sp³-hybridized carbons (Fsp3) is 0.759. The number of rotatable bonds is 27. The zero-order valence-electron chi connectivity index (χ0n) is 27.4. The molecule has 0 saturated heterocycles. The van der Waals surface area contributed by atoms with E-state index in [2.05, 4.69) is 26.6 Å². The smallest absolute Gasteiger partial charge is 0.480 e. The molecule has 0 saturated carbocycles. The van der Waals surface area contributed by atoms with E-state index in [1.54, 1.807) is 26.9 Å². The van der Waals surface area contributed by atoms with Gasteiger partial charge >= 0.3 is 208 Å². The van der Waals surface area contributed by atoms with Crippen LogP contribution in [0.15, 0.2) is 0 Å². The van der Waals surface area contributed by atoms with Crippen LogP contribution in [0.3, 0.4) is 0 Å². The second-order valence-electron chi connectivity index (χ2n) is 11.3. The van der Waals surface area contributed by atoms with Crippen LogP contribution in [-0.4, -0.2) is 130 Å². The van der Waals surface area contributed by atoms with Gasteiger partial charge in [0.2, 0.25) is 6.41 Å². The van der Waals surface area contributed by atoms with Crippen molar-refractivity contribution in [2.45, 2.75) is 78.7 Å². The predicted molar refractivity (Wildman–Crippen MR) is 171 cm³/mol. The zero-order valence-corrected chi connectivity index (χ0v) is 27.4. The molecule has 0 aromatic heterocycles. The van der Waals surface area contributed by atoms with Gasteiger partial charge in [-0.1, -0.05) is 13.8 Å². The number of likely N-dealkylation sites (N-methyl/N-ethyl adjacent to an activating group) is 1. The van der Waals surface area contributed by atoms with Gasteiger partial charge in [0.25, 0.3) is 0 Å². The monoisotopic (exact) mass is 640 g/mol. The normalized spacial score (nSPS) is 11.8. The molecule has 16 heteroatoms. The number of nitrogens with one attached hydrogen (secondary N) is 5. The standard InChI is InChI=1S/C29H53BN6O9/c1-6-32-24(38)18-36(19-25(39)35-22(2)3)26(40)9-12-31-20-30-11-7-14-44-16-17-45-15-13-33-28(43)29(4,5)10-8-23(27(41)42)34-21-37/h20-23,31H,6-19H2,1-5H3,(H,32,38)(H,33,43)(H,34,37)(H,35,39)(H,41,42). The molecule has 0 aliphatic rings. The van der Waals surface area contributed by atoms with Gasteiger partial charge in [0, 0.05) is 0 Å². The molecule has 0 aliphatic carbocycles. The van der Waals surface area contributed by atoms with E-state index < -0.39 is 17.4 Å². The van der Waals surface area contributed by atoms with Crippen molar-refractivity contribution in [3.05, 3.63) is 0 Å². The van der Waals surface area contributed by atoms with Crippen molar-refractivity contribution in [1.82, 2.24) is 31.5 Å². The fourth-order valence-corrected chi connectivity index (χ4v) is 3.87. The quantitative estimate of drug-likeness (QED) is 0.0363. The molecule has 0 aliphatic heterocycles. The van der Waals surface area contributed by atoms with E-state index in [4.69, 9.17) is 14.6 Å². The van der Waals surface area contributed by atoms with Crippen molar-refractivity contribution in [2.24, 2.45) is 5.41 Å². The van der Waals surface area contributed by atoms with Gasteiger partial charge in [-0.05, 0) is 12.8 Å². The first-order valence-corrected chi connectivity index (χ1v) is 15.4. The van der Waals surface area contributed by atoms with Crippen LogP contribution in [0.25, 0.3) is 0 Å². The minimum absolute atomic E-state index is 0.0654. The minimum atomic E-state index is -1.14. The number of amides is 5. The fourth-order valence-electron chi connectivity index (χ4n) is 3.87. The first-order valence-electron chi connectivity index (χ1n) is 15.4. The summed E-state index contributed by atoms with van der Waals surface area (Å²) < 4.78 is 11.0. The molecule has 1 atom stereocenters. The van der Waals surface area contributed by atoms with Crippen LogP contribution in [-0.2, 0) is 38.2 Å². The maximum absolute atomic E-state index is 12.6. The second-order valence-corrected chi connectivity index (χ2v) is 11.3. The van der Waals surface area contributed by atoms with Crippen LogP contribution >= 0.6 is 0 Å². The summed E-state index contributed by atoms with van der Waals surface area (Å²) in [5, 5.41) is 22.5. The number of carbonyl (C=O) groups is 6. The summed E-state index contributed by atoms with van der Waals surface area (Å²) in [6.45, 7) is 13.2. The molecule has 0 aromatic carbocycles. The molecular weight excluding hydrogens is 587 g/mol. The molecule has 0 bridgehead atoms. The molecule has 15 nitrogen and oxygen atoms in total. The molecule has 1 unspecified atom stereocenters. The van der Waals surface area contributed by atoms with Gasteiger partial charge in [-0.15, -0.1) is 0 Å². The summed E-state index contributed by atoms with van der Waals surface area (Å²) in [5.74, 6) is -2.29. The third-order valence-corrected chi connectivity index (χ3v) is 6.37. The van der Waals surface area contributed by atoms with E-state index in [0.29, 0.717) is 52.5 Å². The number of hydrogen-bond acceptors (Lipinski definition) is 9. The third-order valence-electron chi connectivity index (χ3n) is 6.37. The SMILES string of the molecule is CCNC(=O)CN(CC(=O)NC(C)C)C(=O)CCNC=BCCCOCCOCCNC(=O)C(C)(C)CCC(NC=O)C(=O)O. The predicted octanol–water partition coefficient (Wildman–Crippen LogP) is -1.12. The Morgan fingerprint density at radius 2 is 1.62 bits per heavy atom. The van der Waals surface area contributed by atoms with E-state index in [-0.39, 0.29) is 62.0 Å². The van der Waals surface area contributed by atoms with Gasteiger partial charge in [-0.2, -0.15) is 0 Å². The average molecular weight is 641 g/mol. The number of carbonyl (C=O) groups excluding carboxylic acids is 5. The summed E-state index contributed by atoms with van der Waals surface area (Å²) >= 11 is 0. The van der Waals surface area contributed by atoms with E-state index in [1.165, 1.54) is 4.90 Å². The van der Waals surface area contributed by atoms with E-state index in [9.17, 15) is 28.8 Å². The summed E-state index contributed by atoms with van der Waals surface area (Å²) in [6, 6.07) is -1.10. The van der Waals surface area contributed by atoms with Gasteiger partial charge in [0.15, 0.2) is 0 Å². The molecule has 45 heavy (non-hydrogen) atoms. The molecule has 6 N–H and O–H groups in total. The van der Waals surface area contributed by atoms with E-state index >= 15 is 0 Å². The van der Waals surface area contributed by atoms with E-state index in [0.717, 1.165) is 12.7 Å². The number of hydrogen-bond donors (Lipinski definition) is 6. The molecule has 0 radical (unpaired) electrons. The Morgan fingerprint density at radius 1 is 0.956 bits per heavy atom. The number of carboxylic acids is 1. The summed E-state index contributed by atoms with van der Waals surface area (Å²) in [6.07, 6.45) is 4.21. The summed E-state index contributed by atoms with van der Waals surface area (Å²) in [5.41, 5.74) is -0.802. The Balaban J connectivity index is 4.01. The average Bonchev–Trinajstić information content (AvgIpc) is 2.96. The maximum atomic E-state index is 12.6. The molecule has 0 spiro atoms. The topological polar surface area (TPSA) is 204 Å². The third kappa shape index (κ3) is 21.8. The Bertz CT molecular complexity index is 949. The molecule has 0 rings (SSSR count). The summed E-state index contributed by atoms with van der Waals surface area (Å²) in [4.78, 5) is 72.0. The van der Waals surface area contributed by atoms with Crippen molar-refractivity contribution in [3.8, 4) is 0 Å². The Morgan fingerprint density at radius 3 is 2.24 bits per heavy atom. The van der Waals surface area contributed by atoms with Crippen molar-refractivity contribution < 1.29 is 43.3 Å². The van der Waals surface area contributed by atoms with E-state index in [1.807, 2.05) is 20.8 Å². The van der Waals surface area contributed by atoms with Crippen LogP contribution in [0, 0.1) is 5.41 Å². The van der Waals surface area contributed by atoms with Crippen LogP contribution < -0.4 is 26.6 Å². The van der Waals surface area contributed by atoms with Gasteiger partial charge in [-0.3, -0.25) is 4.79 Å². The molecule has 256 valence electrons.